The van der Waals surface area contributed by atoms with Crippen molar-refractivity contribution in [2.24, 2.45) is 0 Å². The van der Waals surface area contributed by atoms with Gasteiger partial charge in [0.05, 0.1) is 45.2 Å². The average molecular weight is 1340 g/mol. The van der Waals surface area contributed by atoms with E-state index in [1.807, 2.05) is 6.08 Å². The minimum absolute atomic E-state index is 0.213. The maximum Gasteiger partial charge on any atom is 0.220 e. The molecule has 4 saturated heterocycles. The summed E-state index contributed by atoms with van der Waals surface area (Å²) >= 11 is 0. The zero-order valence-electron chi connectivity index (χ0n) is 56.1. The van der Waals surface area contributed by atoms with Gasteiger partial charge in [-0.3, -0.25) is 9.59 Å². The molecule has 0 saturated carbocycles. The molecule has 2 amide bonds. The van der Waals surface area contributed by atoms with Crippen molar-refractivity contribution < 1.29 is 114 Å². The van der Waals surface area contributed by atoms with Crippen LogP contribution in [0.1, 0.15) is 226 Å². The first-order valence-corrected chi connectivity index (χ1v) is 35.6. The summed E-state index contributed by atoms with van der Waals surface area (Å²) in [6.07, 6.45) is 9.60. The van der Waals surface area contributed by atoms with Gasteiger partial charge in [-0.2, -0.15) is 0 Å². The van der Waals surface area contributed by atoms with E-state index in [-0.39, 0.29) is 12.3 Å². The van der Waals surface area contributed by atoms with Crippen LogP contribution in [0.25, 0.3) is 0 Å². The van der Waals surface area contributed by atoms with E-state index in [0.29, 0.717) is 12.8 Å². The lowest BCUT2D eigenvalue weighted by Crippen LogP contribution is -2.70. The van der Waals surface area contributed by atoms with Gasteiger partial charge in [-0.1, -0.05) is 192 Å². The summed E-state index contributed by atoms with van der Waals surface area (Å²) in [5, 5.41) is 147. The average Bonchev–Trinajstić information content (AvgIpc) is 0.792. The molecule has 0 spiro atoms. The van der Waals surface area contributed by atoms with Crippen LogP contribution in [0.3, 0.4) is 0 Å². The molecule has 0 aliphatic carbocycles. The standard InChI is InChI=1S/C68H124N2O23/c1-4-6-8-10-12-14-16-18-19-20-21-22-23-24-25-27-29-31-33-35-37-39-52(77)70-46(47(76)38-36-34-32-30-28-26-17-15-13-11-9-7-5-2)44-86-66-60(84)57(81)63(50(42-73)89-66)92-68-61(85)58(82)62(51(43-74)90-68)91-65-53(69-45(3)75)64(55(79)49(41-72)87-65)93-67-59(83)56(80)54(78)48(40-71)88-67/h18-19,36,38,46-51,53-68,71-74,76,78-85H,4-17,20-35,37,39-44H2,1-3H3,(H,69,75)(H,70,77). The van der Waals surface area contributed by atoms with Crippen molar-refractivity contribution in [3.05, 3.63) is 24.3 Å². The van der Waals surface area contributed by atoms with Crippen LogP contribution in [0.5, 0.6) is 0 Å². The predicted molar refractivity (Wildman–Crippen MR) is 345 cm³/mol. The van der Waals surface area contributed by atoms with Gasteiger partial charge in [0.1, 0.15) is 97.6 Å². The van der Waals surface area contributed by atoms with E-state index in [4.69, 9.17) is 37.9 Å². The topological polar surface area (TPSA) is 395 Å². The van der Waals surface area contributed by atoms with Crippen molar-refractivity contribution in [3.8, 4) is 0 Å². The van der Waals surface area contributed by atoms with Gasteiger partial charge < -0.3 is 115 Å². The number of carbonyl (C=O) groups is 2. The molecule has 4 aliphatic rings. The molecule has 0 aromatic carbocycles. The Hall–Kier alpha value is -2.42. The number of aliphatic hydroxyl groups is 13. The lowest BCUT2D eigenvalue weighted by molar-refractivity contribution is -0.380. The second-order valence-electron chi connectivity index (χ2n) is 26.1. The molecule has 4 aliphatic heterocycles. The summed E-state index contributed by atoms with van der Waals surface area (Å²) in [7, 11) is 0. The maximum atomic E-state index is 13.5. The zero-order valence-corrected chi connectivity index (χ0v) is 56.1. The number of allylic oxidation sites excluding steroid dienone is 3. The fraction of sp³-hybridized carbons (Fsp3) is 0.912. The van der Waals surface area contributed by atoms with E-state index in [2.05, 4.69) is 36.6 Å². The van der Waals surface area contributed by atoms with Crippen LogP contribution in [-0.2, 0) is 47.5 Å². The smallest absolute Gasteiger partial charge is 0.220 e. The lowest BCUT2D eigenvalue weighted by atomic mass is 9.94. The molecule has 4 fully saturated rings. The molecular weight excluding hydrogens is 1210 g/mol. The minimum atomic E-state index is -2.10. The molecule has 4 rings (SSSR count). The Bertz CT molecular complexity index is 1980. The molecule has 25 nitrogen and oxygen atoms in total. The predicted octanol–water partition coefficient (Wildman–Crippen LogP) is 3.90. The highest BCUT2D eigenvalue weighted by atomic mass is 16.8. The van der Waals surface area contributed by atoms with Crippen molar-refractivity contribution in [1.82, 2.24) is 10.6 Å². The second-order valence-corrected chi connectivity index (χ2v) is 26.1. The lowest BCUT2D eigenvalue weighted by Gasteiger charge is -2.50. The Labute approximate surface area is 552 Å². The Kier molecular flexibility index (Phi) is 43.1. The summed E-state index contributed by atoms with van der Waals surface area (Å²) in [5.74, 6) is -1.06. The maximum absolute atomic E-state index is 13.5. The van der Waals surface area contributed by atoms with Crippen LogP contribution in [0, 0.1) is 0 Å². The first-order chi connectivity index (χ1) is 45.0. The third-order valence-corrected chi connectivity index (χ3v) is 18.3. The Morgan fingerprint density at radius 2 is 0.785 bits per heavy atom. The van der Waals surface area contributed by atoms with Gasteiger partial charge in [-0.15, -0.1) is 0 Å². The second kappa shape index (κ2) is 48.3. The van der Waals surface area contributed by atoms with Gasteiger partial charge in [0.25, 0.3) is 0 Å². The van der Waals surface area contributed by atoms with Gasteiger partial charge >= 0.3 is 0 Å². The zero-order chi connectivity index (χ0) is 67.9. The molecule has 25 heteroatoms. The van der Waals surface area contributed by atoms with E-state index in [1.165, 1.54) is 141 Å². The fourth-order valence-electron chi connectivity index (χ4n) is 12.5. The van der Waals surface area contributed by atoms with Gasteiger partial charge in [0, 0.05) is 13.3 Å². The van der Waals surface area contributed by atoms with E-state index in [0.717, 1.165) is 51.9 Å². The highest BCUT2D eigenvalue weighted by Gasteiger charge is 2.56. The Morgan fingerprint density at radius 3 is 1.25 bits per heavy atom. The van der Waals surface area contributed by atoms with E-state index < -0.39 is 174 Å². The number of carbonyl (C=O) groups excluding carboxylic acids is 2. The molecule has 0 aromatic heterocycles. The quantitative estimate of drug-likeness (QED) is 0.0303. The summed E-state index contributed by atoms with van der Waals surface area (Å²) in [4.78, 5) is 26.0. The Morgan fingerprint density at radius 1 is 0.419 bits per heavy atom. The van der Waals surface area contributed by atoms with Crippen LogP contribution < -0.4 is 10.6 Å². The van der Waals surface area contributed by atoms with Crippen molar-refractivity contribution in [3.63, 3.8) is 0 Å². The van der Waals surface area contributed by atoms with E-state index in [9.17, 15) is 76.0 Å². The minimum Gasteiger partial charge on any atom is -0.394 e. The third-order valence-electron chi connectivity index (χ3n) is 18.3. The van der Waals surface area contributed by atoms with Crippen LogP contribution in [0.15, 0.2) is 24.3 Å². The molecule has 22 unspecified atom stereocenters. The van der Waals surface area contributed by atoms with Crippen LogP contribution >= 0.6 is 0 Å². The number of nitrogens with one attached hydrogen (secondary N) is 2. The number of aliphatic hydroxyl groups excluding tert-OH is 13. The van der Waals surface area contributed by atoms with E-state index in [1.54, 1.807) is 6.08 Å². The number of hydrogen-bond donors (Lipinski definition) is 15. The van der Waals surface area contributed by atoms with Gasteiger partial charge in [-0.25, -0.2) is 0 Å². The van der Waals surface area contributed by atoms with E-state index >= 15 is 0 Å². The normalized spacial score (nSPS) is 32.5. The van der Waals surface area contributed by atoms with Crippen LogP contribution in [0.2, 0.25) is 0 Å². The number of amides is 2. The molecule has 0 bridgehead atoms. The van der Waals surface area contributed by atoms with Crippen LogP contribution in [0.4, 0.5) is 0 Å². The molecule has 4 heterocycles. The molecule has 22 atom stereocenters. The number of rotatable bonds is 50. The summed E-state index contributed by atoms with van der Waals surface area (Å²) in [5.41, 5.74) is 0. The molecule has 93 heavy (non-hydrogen) atoms. The number of unbranched alkanes of at least 4 members (excludes halogenated alkanes) is 28. The molecule has 0 aromatic rings. The summed E-state index contributed by atoms with van der Waals surface area (Å²) in [6, 6.07) is -2.63. The van der Waals surface area contributed by atoms with Crippen molar-refractivity contribution >= 4 is 11.8 Å². The monoisotopic (exact) mass is 1340 g/mol. The molecule has 15 N–H and O–H groups in total. The Balaban J connectivity index is 1.31. The van der Waals surface area contributed by atoms with Crippen molar-refractivity contribution in [2.75, 3.05) is 33.0 Å². The highest BCUT2D eigenvalue weighted by molar-refractivity contribution is 5.76. The molecular formula is C68H124N2O23. The molecule has 0 radical (unpaired) electrons. The summed E-state index contributed by atoms with van der Waals surface area (Å²) in [6.45, 7) is 1.60. The fourth-order valence-corrected chi connectivity index (χ4v) is 12.5. The highest BCUT2D eigenvalue weighted by Crippen LogP contribution is 2.35. The SMILES string of the molecule is CCCCCCCCC=CCCCCCCCCCCCCCC(=O)NC(COC1OC(CO)C(OC2OC(CO)C(OC3OC(CO)C(O)C(OC4OC(CO)C(O)C(O)C4O)C3NC(C)=O)C(O)C2O)C(O)C1O)C(O)C=CCCCCCCCCCCCCC. The summed E-state index contributed by atoms with van der Waals surface area (Å²) < 4.78 is 46.8. The first-order valence-electron chi connectivity index (χ1n) is 35.6. The van der Waals surface area contributed by atoms with Gasteiger partial charge in [0.15, 0.2) is 25.2 Å². The third kappa shape index (κ3) is 29.5. The van der Waals surface area contributed by atoms with Crippen molar-refractivity contribution in [1.29, 1.82) is 0 Å². The number of ether oxygens (including phenoxy) is 8. The molecule has 544 valence electrons. The van der Waals surface area contributed by atoms with Gasteiger partial charge in [-0.05, 0) is 44.9 Å². The first kappa shape index (κ1) is 83.0. The van der Waals surface area contributed by atoms with Crippen LogP contribution in [-0.4, -0.2) is 246 Å². The van der Waals surface area contributed by atoms with Gasteiger partial charge in [0.2, 0.25) is 11.8 Å². The number of hydrogen-bond acceptors (Lipinski definition) is 23. The van der Waals surface area contributed by atoms with Crippen molar-refractivity contribution in [2.45, 2.75) is 361 Å². The largest absolute Gasteiger partial charge is 0.394 e.